The quantitative estimate of drug-likeness (QED) is 0.579. The van der Waals surface area contributed by atoms with Crippen molar-refractivity contribution in [1.82, 2.24) is 0 Å². The molecule has 0 saturated carbocycles. The molecule has 0 spiro atoms. The number of hydrogen-bond donors (Lipinski definition) is 2. The molecule has 0 aromatic carbocycles. The van der Waals surface area contributed by atoms with Gasteiger partial charge in [-0.2, -0.15) is 13.2 Å². The van der Waals surface area contributed by atoms with Gasteiger partial charge >= 0.3 is 14.0 Å². The van der Waals surface area contributed by atoms with Crippen LogP contribution in [0.25, 0.3) is 0 Å². The van der Waals surface area contributed by atoms with Crippen molar-refractivity contribution in [3.8, 4) is 0 Å². The summed E-state index contributed by atoms with van der Waals surface area (Å²) >= 11 is 0. The summed E-state index contributed by atoms with van der Waals surface area (Å²) in [5, 5.41) is 0. The predicted octanol–water partition coefficient (Wildman–Crippen LogP) is 3.48. The molecule has 0 aliphatic rings. The standard InChI is InChI=1S/C7H17N.C2H3F4O4P/c1-4-7(8,5-2)6-3;3-2(4,5)1-9-11(7,8)10-6/h4-6,8H2,1-3H3;1H2,(H,7,8). The van der Waals surface area contributed by atoms with Crippen LogP contribution in [0.2, 0.25) is 0 Å². The molecule has 0 aliphatic heterocycles. The van der Waals surface area contributed by atoms with Crippen LogP contribution in [0.1, 0.15) is 40.0 Å². The minimum atomic E-state index is -5.16. The Bertz CT molecular complexity index is 276. The Hall–Kier alpha value is -0.210. The predicted molar refractivity (Wildman–Crippen MR) is 61.8 cm³/mol. The van der Waals surface area contributed by atoms with E-state index in [9.17, 15) is 22.3 Å². The number of hydrogen-bond acceptors (Lipinski definition) is 4. The fourth-order valence-corrected chi connectivity index (χ4v) is 1.27. The van der Waals surface area contributed by atoms with Gasteiger partial charge in [0.2, 0.25) is 0 Å². The zero-order chi connectivity index (χ0) is 15.7. The molecular formula is C9H20F4NO4P. The van der Waals surface area contributed by atoms with E-state index in [0.29, 0.717) is 0 Å². The van der Waals surface area contributed by atoms with Crippen molar-refractivity contribution in [2.75, 3.05) is 6.61 Å². The molecule has 118 valence electrons. The van der Waals surface area contributed by atoms with E-state index in [1.54, 1.807) is 0 Å². The summed E-state index contributed by atoms with van der Waals surface area (Å²) in [7, 11) is -5.16. The average molecular weight is 313 g/mol. The molecule has 10 heteroatoms. The maximum Gasteiger partial charge on any atom is 0.503 e. The Balaban J connectivity index is 0. The van der Waals surface area contributed by atoms with E-state index < -0.39 is 20.6 Å². The van der Waals surface area contributed by atoms with Crippen LogP contribution in [0.15, 0.2) is 0 Å². The highest BCUT2D eigenvalue weighted by molar-refractivity contribution is 7.47. The van der Waals surface area contributed by atoms with Gasteiger partial charge in [-0.3, -0.25) is 4.52 Å². The van der Waals surface area contributed by atoms with E-state index in [-0.39, 0.29) is 5.54 Å². The van der Waals surface area contributed by atoms with Gasteiger partial charge in [0.1, 0.15) is 0 Å². The SMILES string of the molecule is CCC(N)(CC)CC.O=P(O)(OF)OCC(F)(F)F. The van der Waals surface area contributed by atoms with Crippen LogP contribution < -0.4 is 5.73 Å². The van der Waals surface area contributed by atoms with Crippen LogP contribution in [-0.4, -0.2) is 23.2 Å². The molecule has 19 heavy (non-hydrogen) atoms. The van der Waals surface area contributed by atoms with E-state index in [1.807, 2.05) is 0 Å². The largest absolute Gasteiger partial charge is 0.503 e. The summed E-state index contributed by atoms with van der Waals surface area (Å²) in [6, 6.07) is 0. The number of phosphoric ester groups is 1. The second kappa shape index (κ2) is 8.86. The monoisotopic (exact) mass is 313 g/mol. The Morgan fingerprint density at radius 1 is 1.16 bits per heavy atom. The molecule has 1 atom stereocenters. The first-order chi connectivity index (χ1) is 8.45. The molecule has 0 rings (SSSR count). The maximum atomic E-state index is 11.2. The minimum absolute atomic E-state index is 0.125. The smallest absolute Gasteiger partial charge is 0.325 e. The van der Waals surface area contributed by atoms with Gasteiger partial charge in [0, 0.05) is 5.54 Å². The zero-order valence-corrected chi connectivity index (χ0v) is 11.9. The lowest BCUT2D eigenvalue weighted by Crippen LogP contribution is -2.37. The first-order valence-corrected chi connectivity index (χ1v) is 7.08. The van der Waals surface area contributed by atoms with Crippen LogP contribution in [0.3, 0.4) is 0 Å². The third kappa shape index (κ3) is 12.6. The van der Waals surface area contributed by atoms with Crippen molar-refractivity contribution in [1.29, 1.82) is 0 Å². The van der Waals surface area contributed by atoms with E-state index in [2.05, 4.69) is 30.0 Å². The van der Waals surface area contributed by atoms with E-state index in [4.69, 9.17) is 10.6 Å². The van der Waals surface area contributed by atoms with Crippen molar-refractivity contribution < 1.29 is 36.4 Å². The van der Waals surface area contributed by atoms with Crippen molar-refractivity contribution in [2.24, 2.45) is 5.73 Å². The summed E-state index contributed by atoms with van der Waals surface area (Å²) in [4.78, 5) is 7.92. The lowest BCUT2D eigenvalue weighted by atomic mass is 9.92. The van der Waals surface area contributed by atoms with Gasteiger partial charge in [-0.15, -0.1) is 0 Å². The maximum absolute atomic E-state index is 11.2. The molecule has 0 radical (unpaired) electrons. The van der Waals surface area contributed by atoms with Gasteiger partial charge in [-0.1, -0.05) is 25.5 Å². The summed E-state index contributed by atoms with van der Waals surface area (Å²) in [5.74, 6) is 0. The van der Waals surface area contributed by atoms with E-state index in [1.165, 1.54) is 0 Å². The van der Waals surface area contributed by atoms with Gasteiger partial charge in [0.15, 0.2) is 6.61 Å². The molecule has 0 heterocycles. The van der Waals surface area contributed by atoms with Crippen LogP contribution in [0, 0.1) is 0 Å². The third-order valence-corrected chi connectivity index (χ3v) is 3.22. The Labute approximate surface area is 109 Å². The number of halogens is 4. The van der Waals surface area contributed by atoms with Gasteiger partial charge in [0.05, 0.1) is 0 Å². The van der Waals surface area contributed by atoms with Crippen LogP contribution >= 0.6 is 7.82 Å². The molecule has 0 amide bonds. The highest BCUT2D eigenvalue weighted by Crippen LogP contribution is 2.44. The molecule has 0 aliphatic carbocycles. The van der Waals surface area contributed by atoms with Crippen LogP contribution in [0.4, 0.5) is 17.7 Å². The zero-order valence-electron chi connectivity index (χ0n) is 11.0. The minimum Gasteiger partial charge on any atom is -0.325 e. The number of alkyl halides is 3. The van der Waals surface area contributed by atoms with E-state index in [0.717, 1.165) is 19.3 Å². The second-order valence-corrected chi connectivity index (χ2v) is 5.18. The molecule has 0 fully saturated rings. The second-order valence-electron chi connectivity index (χ2n) is 3.85. The molecule has 5 nitrogen and oxygen atoms in total. The van der Waals surface area contributed by atoms with Crippen molar-refractivity contribution in [3.63, 3.8) is 0 Å². The number of phosphoric acid groups is 1. The molecule has 0 bridgehead atoms. The highest BCUT2D eigenvalue weighted by atomic mass is 31.2. The third-order valence-electron chi connectivity index (χ3n) is 2.59. The van der Waals surface area contributed by atoms with Gasteiger partial charge in [0.25, 0.3) is 0 Å². The van der Waals surface area contributed by atoms with Gasteiger partial charge < -0.3 is 10.6 Å². The van der Waals surface area contributed by atoms with Crippen molar-refractivity contribution in [2.45, 2.75) is 51.7 Å². The van der Waals surface area contributed by atoms with Gasteiger partial charge in [-0.25, -0.2) is 4.57 Å². The topological polar surface area (TPSA) is 81.8 Å². The van der Waals surface area contributed by atoms with Crippen LogP contribution in [0.5, 0.6) is 0 Å². The van der Waals surface area contributed by atoms with Crippen LogP contribution in [-0.2, 0) is 13.8 Å². The normalized spacial score (nSPS) is 15.4. The summed E-state index contributed by atoms with van der Waals surface area (Å²) in [6.07, 6.45) is -1.50. The Kier molecular flexibility index (Phi) is 9.84. The Morgan fingerprint density at radius 3 is 1.68 bits per heavy atom. The number of rotatable bonds is 6. The highest BCUT2D eigenvalue weighted by Gasteiger charge is 2.34. The van der Waals surface area contributed by atoms with Gasteiger partial charge in [-0.05, 0) is 23.8 Å². The summed E-state index contributed by atoms with van der Waals surface area (Å²) in [6.45, 7) is 4.40. The molecule has 0 saturated heterocycles. The first kappa shape index (κ1) is 21.1. The lowest BCUT2D eigenvalue weighted by Gasteiger charge is -2.23. The van der Waals surface area contributed by atoms with E-state index >= 15 is 0 Å². The average Bonchev–Trinajstić information content (AvgIpc) is 2.36. The van der Waals surface area contributed by atoms with Crippen molar-refractivity contribution in [3.05, 3.63) is 0 Å². The molecular weight excluding hydrogens is 293 g/mol. The fourth-order valence-electron chi connectivity index (χ4n) is 0.925. The fraction of sp³-hybridized carbons (Fsp3) is 1.00. The summed E-state index contributed by atoms with van der Waals surface area (Å²) in [5.41, 5.74) is 6.02. The first-order valence-electron chi connectivity index (χ1n) is 5.58. The molecule has 0 aromatic rings. The van der Waals surface area contributed by atoms with Crippen molar-refractivity contribution >= 4 is 7.82 Å². The molecule has 0 aromatic heterocycles. The molecule has 3 N–H and O–H groups in total. The molecule has 1 unspecified atom stereocenters. The number of nitrogens with two attached hydrogens (primary N) is 1. The Morgan fingerprint density at radius 2 is 1.53 bits per heavy atom. The lowest BCUT2D eigenvalue weighted by molar-refractivity contribution is -0.163. The summed E-state index contributed by atoms with van der Waals surface area (Å²) < 4.78 is 59.6.